The summed E-state index contributed by atoms with van der Waals surface area (Å²) < 4.78 is 33.6. The predicted molar refractivity (Wildman–Crippen MR) is 113 cm³/mol. The fraction of sp³-hybridized carbons (Fsp3) is 0.333. The molecule has 30 heavy (non-hydrogen) atoms. The molecule has 0 aliphatic carbocycles. The molecule has 1 aromatic heterocycles. The summed E-state index contributed by atoms with van der Waals surface area (Å²) in [7, 11) is -1.92. The van der Waals surface area contributed by atoms with Gasteiger partial charge < -0.3 is 9.32 Å². The number of fused-ring (bicyclic) bond motifs is 1. The minimum atomic E-state index is -3.60. The first kappa shape index (κ1) is 20.4. The van der Waals surface area contributed by atoms with Crippen molar-refractivity contribution in [2.24, 2.45) is 0 Å². The monoisotopic (exact) mass is 429 g/mol. The van der Waals surface area contributed by atoms with Gasteiger partial charge in [-0.05, 0) is 37.1 Å². The SMILES string of the molecule is CN(C(=O)CCn1c(=O)oc2cc(S(=O)(=O)N3CCCC3)ccc21)c1ccccc1. The molecular weight excluding hydrogens is 406 g/mol. The van der Waals surface area contributed by atoms with E-state index in [9.17, 15) is 18.0 Å². The molecular formula is C21H23N3O5S. The van der Waals surface area contributed by atoms with Gasteiger partial charge in [0.05, 0.1) is 10.4 Å². The van der Waals surface area contributed by atoms with Gasteiger partial charge in [-0.1, -0.05) is 18.2 Å². The number of anilines is 1. The Morgan fingerprint density at radius 1 is 1.10 bits per heavy atom. The maximum Gasteiger partial charge on any atom is 0.419 e. The highest BCUT2D eigenvalue weighted by atomic mass is 32.2. The number of hydrogen-bond acceptors (Lipinski definition) is 5. The van der Waals surface area contributed by atoms with Gasteiger partial charge in [0, 0.05) is 44.9 Å². The predicted octanol–water partition coefficient (Wildman–Crippen LogP) is 2.43. The molecule has 0 bridgehead atoms. The van der Waals surface area contributed by atoms with Crippen LogP contribution in [-0.2, 0) is 21.4 Å². The molecule has 1 fully saturated rings. The molecule has 0 unspecified atom stereocenters. The topological polar surface area (TPSA) is 92.8 Å². The van der Waals surface area contributed by atoms with Crippen LogP contribution in [0, 0.1) is 0 Å². The minimum absolute atomic E-state index is 0.105. The number of rotatable bonds is 6. The normalized spacial score (nSPS) is 15.0. The summed E-state index contributed by atoms with van der Waals surface area (Å²) in [5.74, 6) is -0.758. The average Bonchev–Trinajstić information content (AvgIpc) is 3.40. The van der Waals surface area contributed by atoms with E-state index in [1.807, 2.05) is 30.3 Å². The van der Waals surface area contributed by atoms with Gasteiger partial charge in [0.1, 0.15) is 0 Å². The third kappa shape index (κ3) is 3.78. The second-order valence-corrected chi connectivity index (χ2v) is 9.24. The zero-order valence-corrected chi connectivity index (χ0v) is 17.5. The third-order valence-electron chi connectivity index (χ3n) is 5.41. The fourth-order valence-electron chi connectivity index (χ4n) is 3.67. The summed E-state index contributed by atoms with van der Waals surface area (Å²) in [4.78, 5) is 26.5. The van der Waals surface area contributed by atoms with E-state index in [-0.39, 0.29) is 29.4 Å². The van der Waals surface area contributed by atoms with Crippen molar-refractivity contribution in [2.45, 2.75) is 30.7 Å². The number of oxazole rings is 1. The van der Waals surface area contributed by atoms with E-state index in [0.717, 1.165) is 18.5 Å². The van der Waals surface area contributed by atoms with Crippen LogP contribution in [0.1, 0.15) is 19.3 Å². The van der Waals surface area contributed by atoms with Crippen molar-refractivity contribution in [1.82, 2.24) is 8.87 Å². The Labute approximate surface area is 174 Å². The van der Waals surface area contributed by atoms with Crippen LogP contribution in [0.15, 0.2) is 62.6 Å². The molecule has 1 aliphatic rings. The highest BCUT2D eigenvalue weighted by Gasteiger charge is 2.28. The van der Waals surface area contributed by atoms with Crippen LogP contribution >= 0.6 is 0 Å². The van der Waals surface area contributed by atoms with Gasteiger partial charge >= 0.3 is 5.76 Å². The van der Waals surface area contributed by atoms with Crippen molar-refractivity contribution in [1.29, 1.82) is 0 Å². The molecule has 1 amide bonds. The van der Waals surface area contributed by atoms with Crippen molar-refractivity contribution in [3.05, 3.63) is 59.1 Å². The van der Waals surface area contributed by atoms with Crippen molar-refractivity contribution < 1.29 is 17.6 Å². The number of para-hydroxylation sites is 1. The lowest BCUT2D eigenvalue weighted by Crippen LogP contribution is -2.28. The minimum Gasteiger partial charge on any atom is -0.408 e. The smallest absolute Gasteiger partial charge is 0.408 e. The van der Waals surface area contributed by atoms with Crippen LogP contribution in [0.3, 0.4) is 0 Å². The van der Waals surface area contributed by atoms with Gasteiger partial charge in [0.15, 0.2) is 5.58 Å². The zero-order chi connectivity index (χ0) is 21.3. The fourth-order valence-corrected chi connectivity index (χ4v) is 5.20. The van der Waals surface area contributed by atoms with E-state index in [1.165, 1.54) is 25.9 Å². The second kappa shape index (κ2) is 8.08. The first-order valence-corrected chi connectivity index (χ1v) is 11.3. The highest BCUT2D eigenvalue weighted by molar-refractivity contribution is 7.89. The lowest BCUT2D eigenvalue weighted by molar-refractivity contribution is -0.118. The van der Waals surface area contributed by atoms with Gasteiger partial charge in [0.25, 0.3) is 0 Å². The third-order valence-corrected chi connectivity index (χ3v) is 7.30. The molecule has 4 rings (SSSR count). The Morgan fingerprint density at radius 3 is 2.50 bits per heavy atom. The van der Waals surface area contributed by atoms with E-state index in [4.69, 9.17) is 4.42 Å². The first-order valence-electron chi connectivity index (χ1n) is 9.83. The molecule has 8 nitrogen and oxygen atoms in total. The van der Waals surface area contributed by atoms with Crippen molar-refractivity contribution in [3.8, 4) is 0 Å². The molecule has 0 atom stereocenters. The summed E-state index contributed by atoms with van der Waals surface area (Å²) >= 11 is 0. The van der Waals surface area contributed by atoms with Crippen LogP contribution in [0.4, 0.5) is 5.69 Å². The molecule has 1 saturated heterocycles. The number of aromatic nitrogens is 1. The summed E-state index contributed by atoms with van der Waals surface area (Å²) in [5, 5.41) is 0. The zero-order valence-electron chi connectivity index (χ0n) is 16.7. The van der Waals surface area contributed by atoms with Crippen LogP contribution in [0.25, 0.3) is 11.1 Å². The molecule has 0 N–H and O–H groups in total. The van der Waals surface area contributed by atoms with Gasteiger partial charge in [-0.3, -0.25) is 9.36 Å². The number of benzene rings is 2. The summed E-state index contributed by atoms with van der Waals surface area (Å²) in [5.41, 5.74) is 1.43. The summed E-state index contributed by atoms with van der Waals surface area (Å²) in [6, 6.07) is 13.7. The lowest BCUT2D eigenvalue weighted by Gasteiger charge is -2.17. The molecule has 3 aromatic rings. The Bertz CT molecular complexity index is 1220. The molecule has 0 radical (unpaired) electrons. The van der Waals surface area contributed by atoms with Gasteiger partial charge in [0.2, 0.25) is 15.9 Å². The first-order chi connectivity index (χ1) is 14.4. The molecule has 0 saturated carbocycles. The number of nitrogens with zero attached hydrogens (tertiary/aromatic N) is 3. The molecule has 2 heterocycles. The van der Waals surface area contributed by atoms with E-state index < -0.39 is 15.8 Å². The van der Waals surface area contributed by atoms with Crippen LogP contribution < -0.4 is 10.7 Å². The van der Waals surface area contributed by atoms with Gasteiger partial charge in [-0.25, -0.2) is 13.2 Å². The molecule has 9 heteroatoms. The number of carbonyl (C=O) groups excluding carboxylic acids is 1. The van der Waals surface area contributed by atoms with Crippen molar-refractivity contribution in [3.63, 3.8) is 0 Å². The molecule has 2 aromatic carbocycles. The number of sulfonamides is 1. The van der Waals surface area contributed by atoms with Gasteiger partial charge in [-0.15, -0.1) is 0 Å². The van der Waals surface area contributed by atoms with Crippen LogP contribution in [-0.4, -0.2) is 43.3 Å². The number of carbonyl (C=O) groups is 1. The Morgan fingerprint density at radius 2 is 1.80 bits per heavy atom. The standard InChI is InChI=1S/C21H23N3O5S/c1-22(16-7-3-2-4-8-16)20(25)11-14-24-18-10-9-17(15-19(18)29-21(24)26)30(27,28)23-12-5-6-13-23/h2-4,7-10,15H,5-6,11-14H2,1H3. The lowest BCUT2D eigenvalue weighted by atomic mass is 10.2. The van der Waals surface area contributed by atoms with E-state index >= 15 is 0 Å². The Hall–Kier alpha value is -2.91. The van der Waals surface area contributed by atoms with Crippen LogP contribution in [0.5, 0.6) is 0 Å². The van der Waals surface area contributed by atoms with Crippen molar-refractivity contribution >= 4 is 32.7 Å². The molecule has 0 spiro atoms. The second-order valence-electron chi connectivity index (χ2n) is 7.30. The van der Waals surface area contributed by atoms with Crippen molar-refractivity contribution in [2.75, 3.05) is 25.0 Å². The Balaban J connectivity index is 1.55. The maximum absolute atomic E-state index is 12.7. The highest BCUT2D eigenvalue weighted by Crippen LogP contribution is 2.24. The number of aryl methyl sites for hydroxylation is 1. The maximum atomic E-state index is 12.7. The Kier molecular flexibility index (Phi) is 5.48. The number of hydrogen-bond donors (Lipinski definition) is 0. The van der Waals surface area contributed by atoms with E-state index in [2.05, 4.69) is 0 Å². The van der Waals surface area contributed by atoms with Crippen LogP contribution in [0.2, 0.25) is 0 Å². The summed E-state index contributed by atoms with van der Waals surface area (Å²) in [6.07, 6.45) is 1.80. The summed E-state index contributed by atoms with van der Waals surface area (Å²) in [6.45, 7) is 1.14. The number of amides is 1. The average molecular weight is 429 g/mol. The largest absolute Gasteiger partial charge is 0.419 e. The quantitative estimate of drug-likeness (QED) is 0.600. The van der Waals surface area contributed by atoms with E-state index in [1.54, 1.807) is 13.1 Å². The molecule has 1 aliphatic heterocycles. The molecule has 158 valence electrons. The van der Waals surface area contributed by atoms with Gasteiger partial charge in [-0.2, -0.15) is 4.31 Å². The van der Waals surface area contributed by atoms with E-state index in [0.29, 0.717) is 18.6 Å².